The van der Waals surface area contributed by atoms with Gasteiger partial charge in [-0.05, 0) is 6.42 Å². The molecule has 1 aliphatic heterocycles. The van der Waals surface area contributed by atoms with Gasteiger partial charge >= 0.3 is 12.1 Å². The molecule has 23 heavy (non-hydrogen) atoms. The average Bonchev–Trinajstić information content (AvgIpc) is 2.85. The second-order valence-corrected chi connectivity index (χ2v) is 7.26. The molecule has 11 heteroatoms. The van der Waals surface area contributed by atoms with Crippen LogP contribution >= 0.6 is 0 Å². The van der Waals surface area contributed by atoms with Crippen molar-refractivity contribution in [1.29, 1.82) is 0 Å². The molecule has 1 aliphatic rings. The molecular weight excluding hydrogens is 341 g/mol. The molecule has 0 aromatic rings. The van der Waals surface area contributed by atoms with E-state index in [0.29, 0.717) is 4.90 Å². The van der Waals surface area contributed by atoms with Crippen LogP contribution in [0.3, 0.4) is 0 Å². The third-order valence-electron chi connectivity index (χ3n) is 3.98. The van der Waals surface area contributed by atoms with E-state index < -0.39 is 58.8 Å². The molecule has 1 atom stereocenters. The van der Waals surface area contributed by atoms with Gasteiger partial charge < -0.3 is 10.0 Å². The van der Waals surface area contributed by atoms with Crippen molar-refractivity contribution in [1.82, 2.24) is 9.21 Å². The Morgan fingerprint density at radius 3 is 2.13 bits per heavy atom. The van der Waals surface area contributed by atoms with Crippen LogP contribution in [0.2, 0.25) is 0 Å². The summed E-state index contributed by atoms with van der Waals surface area (Å²) in [6.07, 6.45) is -5.81. The Kier molecular flexibility index (Phi) is 5.68. The summed E-state index contributed by atoms with van der Waals surface area (Å²) >= 11 is 0. The minimum atomic E-state index is -5.02. The number of likely N-dealkylation sites (tertiary alicyclic amines) is 1. The van der Waals surface area contributed by atoms with Crippen molar-refractivity contribution in [2.24, 2.45) is 5.41 Å². The fourth-order valence-electron chi connectivity index (χ4n) is 2.51. The zero-order chi connectivity index (χ0) is 18.1. The summed E-state index contributed by atoms with van der Waals surface area (Å²) in [6.45, 7) is 1.89. The molecule has 1 N–H and O–H groups in total. The first-order valence-electron chi connectivity index (χ1n) is 6.97. The van der Waals surface area contributed by atoms with Gasteiger partial charge in [-0.2, -0.15) is 13.2 Å². The second kappa shape index (κ2) is 6.63. The van der Waals surface area contributed by atoms with Gasteiger partial charge in [0.15, 0.2) is 5.41 Å². The molecule has 1 fully saturated rings. The van der Waals surface area contributed by atoms with Crippen molar-refractivity contribution >= 4 is 21.9 Å². The fraction of sp³-hybridized carbons (Fsp3) is 0.833. The van der Waals surface area contributed by atoms with Gasteiger partial charge in [-0.3, -0.25) is 9.59 Å². The van der Waals surface area contributed by atoms with Crippen LogP contribution < -0.4 is 0 Å². The maximum atomic E-state index is 13.0. The predicted molar refractivity (Wildman–Crippen MR) is 74.0 cm³/mol. The number of aliphatic carboxylic acids is 1. The number of carboxylic acids is 1. The lowest BCUT2D eigenvalue weighted by molar-refractivity contribution is -0.227. The number of hydrogen-bond acceptors (Lipinski definition) is 4. The Labute approximate surface area is 132 Å². The molecule has 1 rings (SSSR count). The lowest BCUT2D eigenvalue weighted by Crippen LogP contribution is -2.48. The van der Waals surface area contributed by atoms with Crippen molar-refractivity contribution in [2.75, 3.05) is 31.9 Å². The molecule has 0 spiro atoms. The zero-order valence-corrected chi connectivity index (χ0v) is 13.6. The average molecular weight is 360 g/mol. The summed E-state index contributed by atoms with van der Waals surface area (Å²) in [5.74, 6) is -4.06. The van der Waals surface area contributed by atoms with E-state index >= 15 is 0 Å². The van der Waals surface area contributed by atoms with Crippen molar-refractivity contribution in [2.45, 2.75) is 26.4 Å². The number of carbonyl (C=O) groups is 2. The standard InChI is InChI=1S/C12H19F3N2O5S/c1-3-17(4-2)23(21,22)7-9(18)16-6-5-11(8-16,10(19)20)12(13,14)15/h3-8H2,1-2H3,(H,19,20). The van der Waals surface area contributed by atoms with E-state index in [2.05, 4.69) is 0 Å². The number of halogens is 3. The van der Waals surface area contributed by atoms with Crippen LogP contribution in [-0.4, -0.2) is 72.7 Å². The number of nitrogens with zero attached hydrogens (tertiary/aromatic N) is 2. The van der Waals surface area contributed by atoms with Crippen LogP contribution in [-0.2, 0) is 19.6 Å². The minimum Gasteiger partial charge on any atom is -0.481 e. The molecule has 7 nitrogen and oxygen atoms in total. The highest BCUT2D eigenvalue weighted by Crippen LogP contribution is 2.45. The van der Waals surface area contributed by atoms with Gasteiger partial charge in [-0.15, -0.1) is 0 Å². The zero-order valence-electron chi connectivity index (χ0n) is 12.8. The van der Waals surface area contributed by atoms with E-state index in [4.69, 9.17) is 5.11 Å². The fourth-order valence-corrected chi connectivity index (χ4v) is 3.97. The summed E-state index contributed by atoms with van der Waals surface area (Å²) in [7, 11) is -3.94. The highest BCUT2D eigenvalue weighted by atomic mass is 32.2. The highest BCUT2D eigenvalue weighted by Gasteiger charge is 2.64. The van der Waals surface area contributed by atoms with Crippen molar-refractivity contribution < 1.29 is 36.3 Å². The maximum Gasteiger partial charge on any atom is 0.406 e. The van der Waals surface area contributed by atoms with E-state index in [0.717, 1.165) is 4.31 Å². The summed E-state index contributed by atoms with van der Waals surface area (Å²) in [6, 6.07) is 0. The Morgan fingerprint density at radius 1 is 1.26 bits per heavy atom. The maximum absolute atomic E-state index is 13.0. The van der Waals surface area contributed by atoms with Crippen molar-refractivity contribution in [3.05, 3.63) is 0 Å². The van der Waals surface area contributed by atoms with Gasteiger partial charge in [0.05, 0.1) is 0 Å². The Morgan fingerprint density at radius 2 is 1.78 bits per heavy atom. The number of amides is 1. The van der Waals surface area contributed by atoms with Crippen LogP contribution in [0, 0.1) is 5.41 Å². The van der Waals surface area contributed by atoms with E-state index in [9.17, 15) is 31.2 Å². The molecule has 0 aromatic heterocycles. The largest absolute Gasteiger partial charge is 0.481 e. The third-order valence-corrected chi connectivity index (χ3v) is 5.89. The topological polar surface area (TPSA) is 95.0 Å². The normalized spacial score (nSPS) is 22.6. The number of hydrogen-bond donors (Lipinski definition) is 1. The molecule has 0 aliphatic carbocycles. The molecule has 1 saturated heterocycles. The molecule has 1 heterocycles. The lowest BCUT2D eigenvalue weighted by atomic mass is 9.86. The van der Waals surface area contributed by atoms with Crippen LogP contribution in [0.5, 0.6) is 0 Å². The molecule has 0 saturated carbocycles. The second-order valence-electron chi connectivity index (χ2n) is 5.29. The minimum absolute atomic E-state index is 0.133. The first-order chi connectivity index (χ1) is 10.4. The Balaban J connectivity index is 2.91. The summed E-state index contributed by atoms with van der Waals surface area (Å²) in [5, 5.41) is 8.91. The summed E-state index contributed by atoms with van der Waals surface area (Å²) in [5.41, 5.74) is -3.04. The van der Waals surface area contributed by atoms with Gasteiger partial charge in [0, 0.05) is 26.2 Å². The quantitative estimate of drug-likeness (QED) is 0.745. The monoisotopic (exact) mass is 360 g/mol. The van der Waals surface area contributed by atoms with Gasteiger partial charge in [0.25, 0.3) is 0 Å². The van der Waals surface area contributed by atoms with Crippen LogP contribution in [0.25, 0.3) is 0 Å². The van der Waals surface area contributed by atoms with Gasteiger partial charge in [-0.1, -0.05) is 13.8 Å². The first-order valence-corrected chi connectivity index (χ1v) is 8.58. The SMILES string of the molecule is CCN(CC)S(=O)(=O)CC(=O)N1CCC(C(=O)O)(C(F)(F)F)C1. The molecule has 1 unspecified atom stereocenters. The smallest absolute Gasteiger partial charge is 0.406 e. The van der Waals surface area contributed by atoms with Gasteiger partial charge in [-0.25, -0.2) is 12.7 Å². The number of alkyl halides is 3. The number of sulfonamides is 1. The van der Waals surface area contributed by atoms with E-state index in [1.165, 1.54) is 0 Å². The van der Waals surface area contributed by atoms with Crippen LogP contribution in [0.1, 0.15) is 20.3 Å². The molecular formula is C12H19F3N2O5S. The van der Waals surface area contributed by atoms with Crippen molar-refractivity contribution in [3.63, 3.8) is 0 Å². The predicted octanol–water partition coefficient (Wildman–Crippen LogP) is 0.524. The molecule has 1 amide bonds. The number of carbonyl (C=O) groups excluding carboxylic acids is 1. The van der Waals surface area contributed by atoms with E-state index in [1.54, 1.807) is 13.8 Å². The molecule has 0 bridgehead atoms. The highest BCUT2D eigenvalue weighted by molar-refractivity contribution is 7.89. The van der Waals surface area contributed by atoms with E-state index in [-0.39, 0.29) is 13.1 Å². The van der Waals surface area contributed by atoms with E-state index in [1.807, 2.05) is 0 Å². The first kappa shape index (κ1) is 19.7. The van der Waals surface area contributed by atoms with Crippen LogP contribution in [0.15, 0.2) is 0 Å². The molecule has 0 radical (unpaired) electrons. The van der Waals surface area contributed by atoms with Crippen LogP contribution in [0.4, 0.5) is 13.2 Å². The Hall–Kier alpha value is -1.36. The number of rotatable bonds is 6. The summed E-state index contributed by atoms with van der Waals surface area (Å²) < 4.78 is 64.1. The lowest BCUT2D eigenvalue weighted by Gasteiger charge is -2.27. The third kappa shape index (κ3) is 3.77. The van der Waals surface area contributed by atoms with Gasteiger partial charge in [0.2, 0.25) is 15.9 Å². The molecule has 134 valence electrons. The van der Waals surface area contributed by atoms with Crippen molar-refractivity contribution in [3.8, 4) is 0 Å². The number of carboxylic acid groups (broad SMARTS) is 1. The van der Waals surface area contributed by atoms with Gasteiger partial charge in [0.1, 0.15) is 5.75 Å². The Bertz CT molecular complexity index is 574. The molecule has 0 aromatic carbocycles. The summed E-state index contributed by atoms with van der Waals surface area (Å²) in [4.78, 5) is 23.7.